The van der Waals surface area contributed by atoms with E-state index < -0.39 is 0 Å². The van der Waals surface area contributed by atoms with Crippen molar-refractivity contribution in [1.29, 1.82) is 0 Å². The molecular weight excluding hydrogens is 232 g/mol. The summed E-state index contributed by atoms with van der Waals surface area (Å²) in [5.74, 6) is 0.412. The molecule has 0 bridgehead atoms. The lowest BCUT2D eigenvalue weighted by atomic mass is 9.98. The Morgan fingerprint density at radius 2 is 2.06 bits per heavy atom. The van der Waals surface area contributed by atoms with Crippen molar-refractivity contribution in [2.75, 3.05) is 0 Å². The number of benzene rings is 1. The van der Waals surface area contributed by atoms with Gasteiger partial charge < -0.3 is 5.11 Å². The number of allylic oxidation sites excluding steroid dienone is 2. The summed E-state index contributed by atoms with van der Waals surface area (Å²) in [7, 11) is 0. The molecule has 0 spiro atoms. The van der Waals surface area contributed by atoms with Gasteiger partial charge in [-0.2, -0.15) is 0 Å². The summed E-state index contributed by atoms with van der Waals surface area (Å²) in [5, 5.41) is 10.5. The number of hydrogen-bond acceptors (Lipinski definition) is 1. The minimum atomic E-state index is -0.353. The zero-order chi connectivity index (χ0) is 12.8. The average Bonchev–Trinajstić information content (AvgIpc) is 2.57. The van der Waals surface area contributed by atoms with Gasteiger partial charge in [-0.1, -0.05) is 29.8 Å². The maximum atomic E-state index is 9.81. The molecule has 0 amide bonds. The summed E-state index contributed by atoms with van der Waals surface area (Å²) in [6.07, 6.45) is 5.02. The summed E-state index contributed by atoms with van der Waals surface area (Å²) in [6, 6.07) is 5.77. The van der Waals surface area contributed by atoms with Crippen LogP contribution in [0.15, 0.2) is 43.5 Å². The fraction of sp³-hybridized carbons (Fsp3) is 0.333. The van der Waals surface area contributed by atoms with Crippen LogP contribution in [0, 0.1) is 0 Å². The molecule has 0 heterocycles. The topological polar surface area (TPSA) is 20.2 Å². The highest BCUT2D eigenvalue weighted by atomic mass is 35.5. The van der Waals surface area contributed by atoms with E-state index in [0.717, 1.165) is 18.4 Å². The predicted octanol–water partition coefficient (Wildman–Crippen LogP) is 4.63. The Morgan fingerprint density at radius 1 is 1.41 bits per heavy atom. The number of aliphatic hydroxyl groups is 1. The van der Waals surface area contributed by atoms with Gasteiger partial charge in [0.1, 0.15) is 0 Å². The molecule has 92 valence electrons. The van der Waals surface area contributed by atoms with Gasteiger partial charge in [0.15, 0.2) is 0 Å². The lowest BCUT2D eigenvalue weighted by Crippen LogP contribution is -1.90. The highest BCUT2D eigenvalue weighted by molar-refractivity contribution is 6.30. The first-order chi connectivity index (χ1) is 8.13. The van der Waals surface area contributed by atoms with E-state index in [1.807, 2.05) is 31.2 Å². The normalized spacial score (nSPS) is 21.1. The van der Waals surface area contributed by atoms with E-state index in [4.69, 9.17) is 11.6 Å². The molecule has 17 heavy (non-hydrogen) atoms. The van der Waals surface area contributed by atoms with Crippen molar-refractivity contribution in [2.45, 2.75) is 31.8 Å². The second kappa shape index (κ2) is 6.63. The first kappa shape index (κ1) is 14.0. The van der Waals surface area contributed by atoms with Crippen molar-refractivity contribution in [1.82, 2.24) is 0 Å². The highest BCUT2D eigenvalue weighted by Crippen LogP contribution is 2.42. The van der Waals surface area contributed by atoms with Gasteiger partial charge in [0, 0.05) is 5.02 Å². The molecule has 2 unspecified atom stereocenters. The van der Waals surface area contributed by atoms with Crippen LogP contribution in [-0.2, 0) is 0 Å². The molecule has 0 aliphatic heterocycles. The van der Waals surface area contributed by atoms with Crippen molar-refractivity contribution in [3.8, 4) is 0 Å². The molecule has 1 aromatic carbocycles. The standard InChI is InChI=1S/C12H13ClO.C3H6/c1-2-3-8-6-12(14)11-7-9(13)4-5-10(8)11;1-3-2/h2,4-5,7-8,12,14H,1,3,6H2;3H,1H2,2H3. The van der Waals surface area contributed by atoms with E-state index in [2.05, 4.69) is 13.2 Å². The summed E-state index contributed by atoms with van der Waals surface area (Å²) in [6.45, 7) is 8.98. The second-order valence-corrected chi connectivity index (χ2v) is 4.59. The van der Waals surface area contributed by atoms with Crippen LogP contribution in [0.2, 0.25) is 5.02 Å². The van der Waals surface area contributed by atoms with E-state index in [-0.39, 0.29) is 6.10 Å². The van der Waals surface area contributed by atoms with E-state index in [0.29, 0.717) is 10.9 Å². The van der Waals surface area contributed by atoms with Crippen LogP contribution in [0.5, 0.6) is 0 Å². The van der Waals surface area contributed by atoms with Crippen molar-refractivity contribution < 1.29 is 5.11 Å². The summed E-state index contributed by atoms with van der Waals surface area (Å²) >= 11 is 5.88. The second-order valence-electron chi connectivity index (χ2n) is 4.15. The van der Waals surface area contributed by atoms with E-state index in [9.17, 15) is 5.11 Å². The summed E-state index contributed by atoms with van der Waals surface area (Å²) < 4.78 is 0. The van der Waals surface area contributed by atoms with Crippen LogP contribution < -0.4 is 0 Å². The van der Waals surface area contributed by atoms with Gasteiger partial charge in [0.05, 0.1) is 6.10 Å². The molecule has 1 N–H and O–H groups in total. The minimum absolute atomic E-state index is 0.353. The van der Waals surface area contributed by atoms with Gasteiger partial charge in [-0.15, -0.1) is 13.2 Å². The molecule has 2 atom stereocenters. The third-order valence-electron chi connectivity index (χ3n) is 2.81. The molecule has 0 saturated heterocycles. The number of halogens is 1. The number of aliphatic hydroxyl groups excluding tert-OH is 1. The predicted molar refractivity (Wildman–Crippen MR) is 74.5 cm³/mol. The summed E-state index contributed by atoms with van der Waals surface area (Å²) in [4.78, 5) is 0. The molecule has 0 radical (unpaired) electrons. The van der Waals surface area contributed by atoms with Gasteiger partial charge >= 0.3 is 0 Å². The van der Waals surface area contributed by atoms with Gasteiger partial charge in [-0.05, 0) is 48.9 Å². The van der Waals surface area contributed by atoms with Crippen LogP contribution >= 0.6 is 11.6 Å². The zero-order valence-electron chi connectivity index (χ0n) is 10.2. The minimum Gasteiger partial charge on any atom is -0.388 e. The molecule has 2 rings (SSSR count). The Labute approximate surface area is 108 Å². The van der Waals surface area contributed by atoms with Crippen LogP contribution in [-0.4, -0.2) is 5.11 Å². The van der Waals surface area contributed by atoms with E-state index >= 15 is 0 Å². The molecule has 2 heteroatoms. The molecule has 0 saturated carbocycles. The molecule has 0 fully saturated rings. The first-order valence-electron chi connectivity index (χ1n) is 5.79. The number of rotatable bonds is 2. The Bertz CT molecular complexity index is 398. The number of hydrogen-bond donors (Lipinski definition) is 1. The van der Waals surface area contributed by atoms with Gasteiger partial charge in [0.25, 0.3) is 0 Å². The largest absolute Gasteiger partial charge is 0.388 e. The van der Waals surface area contributed by atoms with E-state index in [1.54, 1.807) is 6.08 Å². The lowest BCUT2D eigenvalue weighted by Gasteiger charge is -2.07. The van der Waals surface area contributed by atoms with Gasteiger partial charge in [-0.25, -0.2) is 0 Å². The third-order valence-corrected chi connectivity index (χ3v) is 3.04. The average molecular weight is 251 g/mol. The Hall–Kier alpha value is -1.05. The van der Waals surface area contributed by atoms with E-state index in [1.165, 1.54) is 5.56 Å². The molecule has 1 aromatic rings. The fourth-order valence-electron chi connectivity index (χ4n) is 2.15. The van der Waals surface area contributed by atoms with Crippen molar-refractivity contribution in [3.05, 3.63) is 59.7 Å². The smallest absolute Gasteiger partial charge is 0.0799 e. The van der Waals surface area contributed by atoms with Gasteiger partial charge in [-0.3, -0.25) is 0 Å². The highest BCUT2D eigenvalue weighted by Gasteiger charge is 2.28. The molecule has 1 aliphatic carbocycles. The molecule has 1 nitrogen and oxygen atoms in total. The zero-order valence-corrected chi connectivity index (χ0v) is 11.0. The maximum Gasteiger partial charge on any atom is 0.0799 e. The van der Waals surface area contributed by atoms with Crippen molar-refractivity contribution in [3.63, 3.8) is 0 Å². The number of fused-ring (bicyclic) bond motifs is 1. The lowest BCUT2D eigenvalue weighted by molar-refractivity contribution is 0.173. The Balaban J connectivity index is 0.000000437. The monoisotopic (exact) mass is 250 g/mol. The van der Waals surface area contributed by atoms with Crippen LogP contribution in [0.3, 0.4) is 0 Å². The van der Waals surface area contributed by atoms with Gasteiger partial charge in [0.2, 0.25) is 0 Å². The van der Waals surface area contributed by atoms with Crippen molar-refractivity contribution >= 4 is 11.6 Å². The summed E-state index contributed by atoms with van der Waals surface area (Å²) in [5.41, 5.74) is 2.21. The fourth-order valence-corrected chi connectivity index (χ4v) is 2.33. The Morgan fingerprint density at radius 3 is 2.65 bits per heavy atom. The molecule has 1 aliphatic rings. The molecule has 0 aromatic heterocycles. The first-order valence-corrected chi connectivity index (χ1v) is 6.17. The quantitative estimate of drug-likeness (QED) is 0.759. The van der Waals surface area contributed by atoms with Crippen LogP contribution in [0.1, 0.15) is 42.9 Å². The SMILES string of the molecule is C=CC.C=CCC1CC(O)c2cc(Cl)ccc21. The maximum absolute atomic E-state index is 9.81. The third kappa shape index (κ3) is 3.45. The Kier molecular flexibility index (Phi) is 5.46. The van der Waals surface area contributed by atoms with Crippen LogP contribution in [0.4, 0.5) is 0 Å². The van der Waals surface area contributed by atoms with Crippen molar-refractivity contribution in [2.24, 2.45) is 0 Å². The van der Waals surface area contributed by atoms with Crippen LogP contribution in [0.25, 0.3) is 0 Å². The molecular formula is C15H19ClO.